The van der Waals surface area contributed by atoms with Gasteiger partial charge in [-0.2, -0.15) is 13.2 Å². The number of benzene rings is 3. The summed E-state index contributed by atoms with van der Waals surface area (Å²) in [6, 6.07) is 14.1. The van der Waals surface area contributed by atoms with Crippen LogP contribution in [0.1, 0.15) is 33.9 Å². The minimum Gasteiger partial charge on any atom is -0.494 e. The molecule has 1 atom stereocenters. The third kappa shape index (κ3) is 5.80. The molecular weight excluding hydrogens is 595 g/mol. The zero-order valence-electron chi connectivity index (χ0n) is 22.6. The number of rotatable bonds is 8. The van der Waals surface area contributed by atoms with Crippen LogP contribution in [-0.4, -0.2) is 24.0 Å². The molecule has 4 aromatic rings. The number of halogens is 6. The second kappa shape index (κ2) is 12.1. The first-order valence-electron chi connectivity index (χ1n) is 13.0. The Morgan fingerprint density at radius 1 is 1.05 bits per heavy atom. The summed E-state index contributed by atoms with van der Waals surface area (Å²) in [5.41, 5.74) is -0.541. The average molecular weight is 621 g/mol. The predicted molar refractivity (Wildman–Crippen MR) is 155 cm³/mol. The summed E-state index contributed by atoms with van der Waals surface area (Å²) >= 11 is 7.28. The van der Waals surface area contributed by atoms with E-state index in [0.29, 0.717) is 34.5 Å². The van der Waals surface area contributed by atoms with Crippen molar-refractivity contribution < 1.29 is 26.7 Å². The van der Waals surface area contributed by atoms with Crippen LogP contribution in [0.4, 0.5) is 22.0 Å². The largest absolute Gasteiger partial charge is 0.494 e. The van der Waals surface area contributed by atoms with Gasteiger partial charge in [-0.3, -0.25) is 9.36 Å². The van der Waals surface area contributed by atoms with E-state index in [9.17, 15) is 22.4 Å². The Morgan fingerprint density at radius 2 is 1.76 bits per heavy atom. The van der Waals surface area contributed by atoms with Crippen molar-refractivity contribution >= 4 is 23.4 Å². The van der Waals surface area contributed by atoms with Crippen molar-refractivity contribution in [3.05, 3.63) is 115 Å². The highest BCUT2D eigenvalue weighted by atomic mass is 35.5. The van der Waals surface area contributed by atoms with Crippen LogP contribution in [-0.2, 0) is 19.1 Å². The fourth-order valence-corrected chi connectivity index (χ4v) is 6.78. The molecular formula is C31H26ClF5N2O2S. The molecule has 0 radical (unpaired) electrons. The highest BCUT2D eigenvalue weighted by molar-refractivity contribution is 7.99. The molecule has 0 saturated carbocycles. The topological polar surface area (TPSA) is 43.3 Å². The minimum absolute atomic E-state index is 0.000231. The predicted octanol–water partition coefficient (Wildman–Crippen LogP) is 7.81. The first-order chi connectivity index (χ1) is 20.0. The van der Waals surface area contributed by atoms with Crippen LogP contribution in [0.3, 0.4) is 0 Å². The third-order valence-electron chi connectivity index (χ3n) is 7.37. The van der Waals surface area contributed by atoms with Crippen molar-refractivity contribution in [2.24, 2.45) is 0 Å². The number of hydrogen-bond donors (Lipinski definition) is 1. The fraction of sp³-hybridized carbons (Fsp3) is 0.258. The van der Waals surface area contributed by atoms with Crippen molar-refractivity contribution in [3.8, 4) is 16.9 Å². The molecule has 5 rings (SSSR count). The van der Waals surface area contributed by atoms with Gasteiger partial charge in [0.15, 0.2) is 11.6 Å². The molecule has 3 aromatic carbocycles. The normalized spacial score (nSPS) is 14.7. The fourth-order valence-electron chi connectivity index (χ4n) is 5.27. The second-order valence-corrected chi connectivity index (χ2v) is 11.4. The second-order valence-electron chi connectivity index (χ2n) is 9.94. The average Bonchev–Trinajstić information content (AvgIpc) is 3.37. The molecule has 1 aromatic heterocycles. The van der Waals surface area contributed by atoms with Gasteiger partial charge in [-0.05, 0) is 53.9 Å². The first-order valence-corrected chi connectivity index (χ1v) is 14.4. The van der Waals surface area contributed by atoms with E-state index in [0.717, 1.165) is 23.8 Å². The summed E-state index contributed by atoms with van der Waals surface area (Å²) in [5.74, 6) is -1.41. The summed E-state index contributed by atoms with van der Waals surface area (Å²) in [4.78, 5) is 14.1. The number of pyridine rings is 1. The van der Waals surface area contributed by atoms with Crippen molar-refractivity contribution in [2.45, 2.75) is 37.1 Å². The molecule has 0 aliphatic carbocycles. The van der Waals surface area contributed by atoms with Crippen molar-refractivity contribution in [3.63, 3.8) is 0 Å². The molecule has 11 heteroatoms. The van der Waals surface area contributed by atoms with Gasteiger partial charge in [-0.1, -0.05) is 41.9 Å². The Bertz CT molecular complexity index is 1690. The molecule has 1 unspecified atom stereocenters. The third-order valence-corrected chi connectivity index (χ3v) is 8.89. The summed E-state index contributed by atoms with van der Waals surface area (Å²) in [6.07, 6.45) is -5.22. The zero-order chi connectivity index (χ0) is 30.2. The van der Waals surface area contributed by atoms with Gasteiger partial charge in [0.25, 0.3) is 5.56 Å². The number of thioether (sulfide) groups is 1. The number of ether oxygens (including phenoxy) is 1. The van der Waals surface area contributed by atoms with E-state index in [2.05, 4.69) is 5.32 Å². The Labute approximate surface area is 248 Å². The quantitative estimate of drug-likeness (QED) is 0.204. The maximum atomic E-state index is 15.5. The molecule has 2 heterocycles. The Kier molecular flexibility index (Phi) is 8.68. The molecule has 1 aliphatic rings. The van der Waals surface area contributed by atoms with E-state index in [1.807, 2.05) is 12.1 Å². The molecule has 0 fully saturated rings. The van der Waals surface area contributed by atoms with Gasteiger partial charge in [0.1, 0.15) is 5.82 Å². The van der Waals surface area contributed by atoms with Crippen LogP contribution in [0.5, 0.6) is 5.75 Å². The molecule has 42 heavy (non-hydrogen) atoms. The number of alkyl halides is 3. The van der Waals surface area contributed by atoms with Gasteiger partial charge in [0.2, 0.25) is 0 Å². The van der Waals surface area contributed by atoms with Crippen LogP contribution in [0.15, 0.2) is 70.5 Å². The van der Waals surface area contributed by atoms with E-state index in [1.54, 1.807) is 19.1 Å². The van der Waals surface area contributed by atoms with Crippen LogP contribution in [0.2, 0.25) is 5.02 Å². The molecule has 0 saturated heterocycles. The summed E-state index contributed by atoms with van der Waals surface area (Å²) < 4.78 is 78.8. The summed E-state index contributed by atoms with van der Waals surface area (Å²) in [6.45, 7) is 2.41. The maximum Gasteiger partial charge on any atom is 0.416 e. The summed E-state index contributed by atoms with van der Waals surface area (Å²) in [7, 11) is 1.30. The lowest BCUT2D eigenvalue weighted by Gasteiger charge is -2.22. The van der Waals surface area contributed by atoms with Crippen molar-refractivity contribution in [1.29, 1.82) is 0 Å². The van der Waals surface area contributed by atoms with Crippen LogP contribution in [0, 0.1) is 18.6 Å². The van der Waals surface area contributed by atoms with E-state index >= 15 is 4.39 Å². The van der Waals surface area contributed by atoms with Gasteiger partial charge in [0.05, 0.1) is 29.3 Å². The lowest BCUT2D eigenvalue weighted by atomic mass is 9.92. The van der Waals surface area contributed by atoms with Crippen LogP contribution < -0.4 is 15.6 Å². The monoisotopic (exact) mass is 620 g/mol. The highest BCUT2D eigenvalue weighted by Gasteiger charge is 2.36. The van der Waals surface area contributed by atoms with Crippen LogP contribution >= 0.6 is 23.4 Å². The molecule has 1 N–H and O–H groups in total. The number of methoxy groups -OCH3 is 1. The SMILES string of the molecule is COc1cccc(-c2c(C)c(Cc3c(F)cccc3C(F)(F)F)c3n(c2=O)C(CNCc2ccc(Cl)cc2)CS3)c1F. The molecule has 1 aliphatic heterocycles. The molecule has 4 nitrogen and oxygen atoms in total. The van der Waals surface area contributed by atoms with Crippen molar-refractivity contribution in [1.82, 2.24) is 9.88 Å². The number of nitrogens with one attached hydrogen (secondary N) is 1. The maximum absolute atomic E-state index is 15.5. The lowest BCUT2D eigenvalue weighted by molar-refractivity contribution is -0.138. The van der Waals surface area contributed by atoms with Crippen LogP contribution in [0.25, 0.3) is 11.1 Å². The molecule has 0 spiro atoms. The number of nitrogens with zero attached hydrogens (tertiary/aromatic N) is 1. The first kappa shape index (κ1) is 30.1. The number of aromatic nitrogens is 1. The Morgan fingerprint density at radius 3 is 2.45 bits per heavy atom. The lowest BCUT2D eigenvalue weighted by Crippen LogP contribution is -2.33. The Hall–Kier alpha value is -3.34. The van der Waals surface area contributed by atoms with Gasteiger partial charge in [0, 0.05) is 41.4 Å². The molecule has 0 bridgehead atoms. The van der Waals surface area contributed by atoms with E-state index in [1.165, 1.54) is 41.6 Å². The van der Waals surface area contributed by atoms with Gasteiger partial charge in [-0.15, -0.1) is 11.8 Å². The summed E-state index contributed by atoms with van der Waals surface area (Å²) in [5, 5.41) is 4.37. The standard InChI is InChI=1S/C31H26ClF5N2O2S/c1-17-22(13-23-24(31(35,36)37)6-4-7-25(23)33)30-39(29(40)27(17)21-5-3-8-26(41-2)28(21)34)20(16-42-30)15-38-14-18-9-11-19(32)12-10-18/h3-12,20,38H,13-16H2,1-2H3. The van der Waals surface area contributed by atoms with E-state index in [4.69, 9.17) is 16.3 Å². The Balaban J connectivity index is 1.63. The van der Waals surface area contributed by atoms with Gasteiger partial charge >= 0.3 is 6.18 Å². The van der Waals surface area contributed by atoms with E-state index in [-0.39, 0.29) is 28.5 Å². The minimum atomic E-state index is -4.79. The number of fused-ring (bicyclic) bond motifs is 1. The molecule has 220 valence electrons. The van der Waals surface area contributed by atoms with E-state index < -0.39 is 40.9 Å². The smallest absolute Gasteiger partial charge is 0.416 e. The van der Waals surface area contributed by atoms with Gasteiger partial charge in [-0.25, -0.2) is 8.78 Å². The van der Waals surface area contributed by atoms with Gasteiger partial charge < -0.3 is 10.1 Å². The molecule has 0 amide bonds. The zero-order valence-corrected chi connectivity index (χ0v) is 24.2. The number of hydrogen-bond acceptors (Lipinski definition) is 4. The van der Waals surface area contributed by atoms with Crippen molar-refractivity contribution in [2.75, 3.05) is 19.4 Å². The highest BCUT2D eigenvalue weighted by Crippen LogP contribution is 2.42.